The maximum absolute atomic E-state index is 13.1. The van der Waals surface area contributed by atoms with E-state index in [1.54, 1.807) is 27.7 Å². The zero-order chi connectivity index (χ0) is 30.5. The predicted molar refractivity (Wildman–Crippen MR) is 151 cm³/mol. The molecule has 0 aromatic rings. The molecule has 3 atom stereocenters. The molecule has 40 heavy (non-hydrogen) atoms. The molecule has 4 N–H and O–H groups in total. The Hall–Kier alpha value is -3.08. The lowest BCUT2D eigenvalue weighted by Gasteiger charge is -2.26. The van der Waals surface area contributed by atoms with Crippen molar-refractivity contribution in [1.82, 2.24) is 15.5 Å². The Bertz CT molecular complexity index is 921. The third kappa shape index (κ3) is 12.8. The molecule has 1 aliphatic rings. The van der Waals surface area contributed by atoms with Crippen LogP contribution in [0, 0.1) is 11.8 Å². The van der Waals surface area contributed by atoms with Gasteiger partial charge >= 0.3 is 5.97 Å². The second-order valence-electron chi connectivity index (χ2n) is 11.7. The maximum atomic E-state index is 13.1. The number of hydrogen-bond donors (Lipinski definition) is 3. The molecule has 226 valence electrons. The van der Waals surface area contributed by atoms with Crippen LogP contribution in [0.25, 0.3) is 0 Å². The molecule has 11 heteroatoms. The molecule has 4 amide bonds. The van der Waals surface area contributed by atoms with Gasteiger partial charge in [-0.3, -0.25) is 28.9 Å². The van der Waals surface area contributed by atoms with E-state index >= 15 is 0 Å². The highest BCUT2D eigenvalue weighted by Gasteiger charge is 2.31. The van der Waals surface area contributed by atoms with Crippen LogP contribution in [0.15, 0.2) is 12.2 Å². The second kappa shape index (κ2) is 16.9. The van der Waals surface area contributed by atoms with Crippen LogP contribution in [0.1, 0.15) is 92.9 Å². The Morgan fingerprint density at radius 2 is 1.55 bits per heavy atom. The molecule has 1 heterocycles. The van der Waals surface area contributed by atoms with Crippen molar-refractivity contribution in [3.05, 3.63) is 12.2 Å². The Balaban J connectivity index is 2.58. The van der Waals surface area contributed by atoms with Gasteiger partial charge in [-0.25, -0.2) is 4.79 Å². The number of esters is 1. The van der Waals surface area contributed by atoms with Gasteiger partial charge in [-0.2, -0.15) is 0 Å². The molecule has 1 rings (SSSR count). The van der Waals surface area contributed by atoms with Gasteiger partial charge in [0.25, 0.3) is 11.8 Å². The summed E-state index contributed by atoms with van der Waals surface area (Å²) in [6.07, 6.45) is 6.09. The zero-order valence-corrected chi connectivity index (χ0v) is 24.9. The molecule has 0 saturated heterocycles. The molecule has 0 aromatic heterocycles. The average molecular weight is 565 g/mol. The van der Waals surface area contributed by atoms with Gasteiger partial charge < -0.3 is 21.1 Å². The first-order valence-corrected chi connectivity index (χ1v) is 14.2. The molecule has 0 aliphatic carbocycles. The number of ether oxygens (including phenoxy) is 1. The second-order valence-corrected chi connectivity index (χ2v) is 11.7. The van der Waals surface area contributed by atoms with E-state index in [9.17, 15) is 28.8 Å². The van der Waals surface area contributed by atoms with Crippen LogP contribution in [0.2, 0.25) is 0 Å². The lowest BCUT2D eigenvalue weighted by atomic mass is 9.92. The summed E-state index contributed by atoms with van der Waals surface area (Å²) in [7, 11) is 0. The normalized spacial score (nSPS) is 15.7. The largest absolute Gasteiger partial charge is 0.458 e. The number of imide groups is 1. The van der Waals surface area contributed by atoms with Crippen molar-refractivity contribution in [3.63, 3.8) is 0 Å². The molecule has 1 aliphatic heterocycles. The Morgan fingerprint density at radius 3 is 2.10 bits per heavy atom. The number of carbonyl (C=O) groups excluding carboxylic acids is 6. The van der Waals surface area contributed by atoms with Gasteiger partial charge in [0.15, 0.2) is 5.78 Å². The highest BCUT2D eigenvalue weighted by molar-refractivity contribution is 6.12. The Morgan fingerprint density at radius 1 is 0.925 bits per heavy atom. The van der Waals surface area contributed by atoms with Gasteiger partial charge in [0, 0.05) is 37.5 Å². The Labute approximate surface area is 238 Å². The molecule has 0 unspecified atom stereocenters. The van der Waals surface area contributed by atoms with E-state index in [4.69, 9.17) is 10.5 Å². The first kappa shape index (κ1) is 34.9. The number of rotatable bonds is 18. The highest BCUT2D eigenvalue weighted by atomic mass is 16.6. The van der Waals surface area contributed by atoms with E-state index in [2.05, 4.69) is 10.6 Å². The van der Waals surface area contributed by atoms with Crippen LogP contribution in [0.5, 0.6) is 0 Å². The molecule has 0 fully saturated rings. The van der Waals surface area contributed by atoms with Gasteiger partial charge in [-0.15, -0.1) is 0 Å². The average Bonchev–Trinajstić information content (AvgIpc) is 3.17. The summed E-state index contributed by atoms with van der Waals surface area (Å²) < 4.78 is 5.45. The quantitative estimate of drug-likeness (QED) is 0.129. The third-order valence-corrected chi connectivity index (χ3v) is 6.43. The summed E-state index contributed by atoms with van der Waals surface area (Å²) in [6.45, 7) is 11.3. The minimum atomic E-state index is -0.839. The van der Waals surface area contributed by atoms with Crippen molar-refractivity contribution in [2.45, 2.75) is 111 Å². The van der Waals surface area contributed by atoms with Gasteiger partial charge in [0.2, 0.25) is 11.8 Å². The van der Waals surface area contributed by atoms with Gasteiger partial charge in [0.05, 0.1) is 6.04 Å². The van der Waals surface area contributed by atoms with E-state index < -0.39 is 35.5 Å². The van der Waals surface area contributed by atoms with Crippen LogP contribution in [0.3, 0.4) is 0 Å². The molecule has 0 spiro atoms. The van der Waals surface area contributed by atoms with E-state index in [0.717, 1.165) is 0 Å². The van der Waals surface area contributed by atoms with Gasteiger partial charge in [-0.05, 0) is 65.3 Å². The van der Waals surface area contributed by atoms with E-state index in [1.165, 1.54) is 17.1 Å². The van der Waals surface area contributed by atoms with E-state index in [1.807, 2.05) is 13.8 Å². The molecule has 0 radical (unpaired) electrons. The van der Waals surface area contributed by atoms with Crippen molar-refractivity contribution >= 4 is 35.4 Å². The van der Waals surface area contributed by atoms with E-state index in [0.29, 0.717) is 51.6 Å². The van der Waals surface area contributed by atoms with Crippen LogP contribution in [0.4, 0.5) is 0 Å². The number of nitrogens with one attached hydrogen (secondary N) is 2. The monoisotopic (exact) mass is 564 g/mol. The molecule has 11 nitrogen and oxygen atoms in total. The summed E-state index contributed by atoms with van der Waals surface area (Å²) in [6, 6.07) is -1.59. The summed E-state index contributed by atoms with van der Waals surface area (Å²) in [5, 5.41) is 5.53. The van der Waals surface area contributed by atoms with Gasteiger partial charge in [-0.1, -0.05) is 27.2 Å². The fourth-order valence-electron chi connectivity index (χ4n) is 4.20. The summed E-state index contributed by atoms with van der Waals surface area (Å²) in [5.74, 6) is -3.04. The van der Waals surface area contributed by atoms with Crippen molar-refractivity contribution in [1.29, 1.82) is 0 Å². The third-order valence-electron chi connectivity index (χ3n) is 6.43. The molecule has 0 saturated carbocycles. The van der Waals surface area contributed by atoms with Crippen molar-refractivity contribution in [2.75, 3.05) is 13.1 Å². The lowest BCUT2D eigenvalue weighted by Crippen LogP contribution is -2.48. The minimum absolute atomic E-state index is 0.0925. The standard InChI is InChI=1S/C29H48N4O7/c1-19(2)26(32-23(35)13-8-7-11-17-33-24(36)14-15-25(33)37)22(34)18-20(3)27(38)31-21(12-9-10-16-30)28(39)40-29(4,5)6/h14-15,19-21,26H,7-13,16-18,30H2,1-6H3,(H,31,38)(H,32,35)/t20-,21+,26+/m1/s1. The van der Waals surface area contributed by atoms with Crippen LogP contribution in [-0.2, 0) is 33.5 Å². The molecule has 0 bridgehead atoms. The fraction of sp³-hybridized carbons (Fsp3) is 0.724. The number of unbranched alkanes of at least 4 members (excludes halogenated alkanes) is 3. The first-order valence-electron chi connectivity index (χ1n) is 14.2. The molecule has 0 aromatic carbocycles. The van der Waals surface area contributed by atoms with Crippen LogP contribution >= 0.6 is 0 Å². The number of hydrogen-bond acceptors (Lipinski definition) is 8. The van der Waals surface area contributed by atoms with Crippen molar-refractivity contribution in [2.24, 2.45) is 17.6 Å². The Kier molecular flexibility index (Phi) is 14.8. The van der Waals surface area contributed by atoms with Gasteiger partial charge in [0.1, 0.15) is 11.6 Å². The van der Waals surface area contributed by atoms with Crippen molar-refractivity contribution in [3.8, 4) is 0 Å². The molecular formula is C29H48N4O7. The number of Topliss-reactive ketones (excluding diaryl/α,β-unsaturated/α-hetero) is 1. The summed E-state index contributed by atoms with van der Waals surface area (Å²) in [5.41, 5.74) is 4.85. The summed E-state index contributed by atoms with van der Waals surface area (Å²) >= 11 is 0. The SMILES string of the molecule is CC(C)[C@H](NC(=O)CCCCCN1C(=O)C=CC1=O)C(=O)C[C@@H](C)C(=O)N[C@@H](CCCCN)C(=O)OC(C)(C)C. The lowest BCUT2D eigenvalue weighted by molar-refractivity contribution is -0.159. The minimum Gasteiger partial charge on any atom is -0.458 e. The number of ketones is 1. The number of carbonyl (C=O) groups is 6. The zero-order valence-electron chi connectivity index (χ0n) is 24.9. The van der Waals surface area contributed by atoms with Crippen LogP contribution < -0.4 is 16.4 Å². The van der Waals surface area contributed by atoms with E-state index in [-0.39, 0.29) is 42.3 Å². The first-order chi connectivity index (χ1) is 18.7. The van der Waals surface area contributed by atoms with Crippen LogP contribution in [-0.4, -0.2) is 71.1 Å². The smallest absolute Gasteiger partial charge is 0.329 e. The number of nitrogens with zero attached hydrogens (tertiary/aromatic N) is 1. The topological polar surface area (TPSA) is 165 Å². The fourth-order valence-corrected chi connectivity index (χ4v) is 4.20. The predicted octanol–water partition coefficient (Wildman–Crippen LogP) is 2.16. The summed E-state index contributed by atoms with van der Waals surface area (Å²) in [4.78, 5) is 75.5. The highest BCUT2D eigenvalue weighted by Crippen LogP contribution is 2.15. The number of amides is 4. The van der Waals surface area contributed by atoms with Crippen molar-refractivity contribution < 1.29 is 33.5 Å². The number of nitrogens with two attached hydrogens (primary N) is 1. The molecular weight excluding hydrogens is 516 g/mol. The maximum Gasteiger partial charge on any atom is 0.329 e.